The summed E-state index contributed by atoms with van der Waals surface area (Å²) in [5, 5.41) is 25.0. The minimum Gasteiger partial charge on any atom is -0.479 e. The van der Waals surface area contributed by atoms with Gasteiger partial charge in [0, 0.05) is 7.05 Å². The van der Waals surface area contributed by atoms with Crippen molar-refractivity contribution >= 4 is 5.97 Å². The molecule has 1 unspecified atom stereocenters. The van der Waals surface area contributed by atoms with Crippen LogP contribution in [0.1, 0.15) is 26.0 Å². The predicted molar refractivity (Wildman–Crippen MR) is 66.3 cm³/mol. The molecule has 0 saturated carbocycles. The quantitative estimate of drug-likeness (QED) is 0.867. The van der Waals surface area contributed by atoms with Gasteiger partial charge in [-0.25, -0.2) is 9.48 Å². The fourth-order valence-corrected chi connectivity index (χ4v) is 1.89. The number of rotatable bonds is 4. The highest BCUT2D eigenvalue weighted by atomic mass is 16.4. The Balaban J connectivity index is 2.60. The highest BCUT2D eigenvalue weighted by molar-refractivity contribution is 5.76. The molecule has 0 fully saturated rings. The second kappa shape index (κ2) is 4.45. The zero-order valence-corrected chi connectivity index (χ0v) is 11.3. The van der Waals surface area contributed by atoms with Crippen molar-refractivity contribution in [3.8, 4) is 11.5 Å². The van der Waals surface area contributed by atoms with Crippen molar-refractivity contribution in [3.05, 3.63) is 11.8 Å². The first-order valence-corrected chi connectivity index (χ1v) is 5.93. The SMILES string of the molecule is CCC(C)(C(=O)O)n1nnnc1-c1cc(C)nn1C. The number of aryl methyl sites for hydroxylation is 2. The lowest BCUT2D eigenvalue weighted by Gasteiger charge is -2.23. The molecule has 0 aromatic carbocycles. The molecule has 8 heteroatoms. The van der Waals surface area contributed by atoms with Gasteiger partial charge in [0.25, 0.3) is 0 Å². The van der Waals surface area contributed by atoms with E-state index >= 15 is 0 Å². The Bertz CT molecular complexity index is 616. The number of tetrazole rings is 1. The number of aromatic nitrogens is 6. The zero-order chi connectivity index (χ0) is 14.2. The molecule has 2 aromatic rings. The van der Waals surface area contributed by atoms with Crippen molar-refractivity contribution in [2.24, 2.45) is 7.05 Å². The third-order valence-electron chi connectivity index (χ3n) is 3.32. The second-order valence-corrected chi connectivity index (χ2v) is 4.64. The summed E-state index contributed by atoms with van der Waals surface area (Å²) < 4.78 is 2.97. The van der Waals surface area contributed by atoms with E-state index in [1.165, 1.54) is 4.68 Å². The topological polar surface area (TPSA) is 98.7 Å². The Kier molecular flexibility index (Phi) is 3.09. The Morgan fingerprint density at radius 3 is 2.68 bits per heavy atom. The minimum absolute atomic E-state index is 0.372. The Morgan fingerprint density at radius 1 is 1.53 bits per heavy atom. The molecule has 0 saturated heterocycles. The van der Waals surface area contributed by atoms with Crippen LogP contribution >= 0.6 is 0 Å². The van der Waals surface area contributed by atoms with Crippen LogP contribution in [0, 0.1) is 6.92 Å². The van der Waals surface area contributed by atoms with E-state index in [0.29, 0.717) is 17.9 Å². The Labute approximate surface area is 110 Å². The van der Waals surface area contributed by atoms with Gasteiger partial charge >= 0.3 is 5.97 Å². The third-order valence-corrected chi connectivity index (χ3v) is 3.32. The molecule has 0 aliphatic rings. The molecule has 0 radical (unpaired) electrons. The molecule has 2 rings (SSSR count). The van der Waals surface area contributed by atoms with Crippen molar-refractivity contribution in [1.29, 1.82) is 0 Å². The van der Waals surface area contributed by atoms with Gasteiger partial charge in [0.15, 0.2) is 5.54 Å². The second-order valence-electron chi connectivity index (χ2n) is 4.64. The maximum absolute atomic E-state index is 11.5. The van der Waals surface area contributed by atoms with E-state index in [2.05, 4.69) is 20.6 Å². The van der Waals surface area contributed by atoms with E-state index in [1.807, 2.05) is 13.0 Å². The van der Waals surface area contributed by atoms with E-state index in [1.54, 1.807) is 25.6 Å². The summed E-state index contributed by atoms with van der Waals surface area (Å²) in [5.74, 6) is -0.572. The van der Waals surface area contributed by atoms with Gasteiger partial charge in [0.2, 0.25) is 5.82 Å². The summed E-state index contributed by atoms with van der Waals surface area (Å²) in [5.41, 5.74) is 0.320. The molecule has 0 aliphatic heterocycles. The first-order valence-electron chi connectivity index (χ1n) is 5.93. The smallest absolute Gasteiger partial charge is 0.331 e. The fraction of sp³-hybridized carbons (Fsp3) is 0.545. The van der Waals surface area contributed by atoms with Gasteiger partial charge < -0.3 is 5.11 Å². The average molecular weight is 264 g/mol. The average Bonchev–Trinajstić information content (AvgIpc) is 2.94. The van der Waals surface area contributed by atoms with E-state index in [0.717, 1.165) is 5.69 Å². The van der Waals surface area contributed by atoms with Gasteiger partial charge in [-0.05, 0) is 36.8 Å². The van der Waals surface area contributed by atoms with Crippen molar-refractivity contribution in [2.45, 2.75) is 32.7 Å². The van der Waals surface area contributed by atoms with Gasteiger partial charge in [0.05, 0.1) is 5.69 Å². The monoisotopic (exact) mass is 264 g/mol. The standard InChI is InChI=1S/C11H16N6O2/c1-5-11(3,10(18)19)17-9(12-14-15-17)8-6-7(2)13-16(8)4/h6H,5H2,1-4H3,(H,18,19). The van der Waals surface area contributed by atoms with Crippen molar-refractivity contribution < 1.29 is 9.90 Å². The molecule has 0 amide bonds. The van der Waals surface area contributed by atoms with Gasteiger partial charge in [-0.15, -0.1) is 5.10 Å². The fourth-order valence-electron chi connectivity index (χ4n) is 1.89. The summed E-state index contributed by atoms with van der Waals surface area (Å²) in [6.45, 7) is 5.24. The summed E-state index contributed by atoms with van der Waals surface area (Å²) in [6.07, 6.45) is 0.372. The summed E-state index contributed by atoms with van der Waals surface area (Å²) in [4.78, 5) is 11.5. The molecule has 1 N–H and O–H groups in total. The van der Waals surface area contributed by atoms with Gasteiger partial charge in [-0.1, -0.05) is 6.92 Å². The molecule has 0 spiro atoms. The third kappa shape index (κ3) is 1.98. The van der Waals surface area contributed by atoms with Crippen LogP contribution in [0.25, 0.3) is 11.5 Å². The van der Waals surface area contributed by atoms with Crippen molar-refractivity contribution in [1.82, 2.24) is 30.0 Å². The van der Waals surface area contributed by atoms with Gasteiger partial charge in [-0.3, -0.25) is 4.68 Å². The number of hydrogen-bond donors (Lipinski definition) is 1. The van der Waals surface area contributed by atoms with Gasteiger partial charge in [-0.2, -0.15) is 5.10 Å². The van der Waals surface area contributed by atoms with E-state index in [-0.39, 0.29) is 0 Å². The van der Waals surface area contributed by atoms with E-state index < -0.39 is 11.5 Å². The van der Waals surface area contributed by atoms with Gasteiger partial charge in [0.1, 0.15) is 5.69 Å². The normalized spacial score (nSPS) is 14.3. The molecule has 2 aromatic heterocycles. The number of nitrogens with zero attached hydrogens (tertiary/aromatic N) is 6. The number of aliphatic carboxylic acids is 1. The van der Waals surface area contributed by atoms with Crippen LogP contribution in [0.4, 0.5) is 0 Å². The van der Waals surface area contributed by atoms with Crippen LogP contribution < -0.4 is 0 Å². The van der Waals surface area contributed by atoms with E-state index in [9.17, 15) is 9.90 Å². The predicted octanol–water partition coefficient (Wildman–Crippen LogP) is 0.592. The van der Waals surface area contributed by atoms with Crippen LogP contribution in [0.5, 0.6) is 0 Å². The lowest BCUT2D eigenvalue weighted by Crippen LogP contribution is -2.39. The highest BCUT2D eigenvalue weighted by Crippen LogP contribution is 2.26. The Hall–Kier alpha value is -2.25. The maximum Gasteiger partial charge on any atom is 0.331 e. The molecular weight excluding hydrogens is 248 g/mol. The lowest BCUT2D eigenvalue weighted by molar-refractivity contribution is -0.147. The zero-order valence-electron chi connectivity index (χ0n) is 11.3. The van der Waals surface area contributed by atoms with Crippen LogP contribution in [-0.2, 0) is 17.4 Å². The first-order chi connectivity index (χ1) is 8.90. The molecule has 8 nitrogen and oxygen atoms in total. The molecule has 0 aliphatic carbocycles. The maximum atomic E-state index is 11.5. The van der Waals surface area contributed by atoms with Crippen LogP contribution in [-0.4, -0.2) is 41.1 Å². The number of carboxylic acid groups (broad SMARTS) is 1. The van der Waals surface area contributed by atoms with Crippen LogP contribution in [0.15, 0.2) is 6.07 Å². The number of hydrogen-bond acceptors (Lipinski definition) is 5. The largest absolute Gasteiger partial charge is 0.479 e. The Morgan fingerprint density at radius 2 is 2.21 bits per heavy atom. The van der Waals surface area contributed by atoms with Crippen molar-refractivity contribution in [3.63, 3.8) is 0 Å². The molecule has 1 atom stereocenters. The minimum atomic E-state index is -1.18. The number of carbonyl (C=O) groups is 1. The molecule has 102 valence electrons. The number of carboxylic acids is 1. The molecule has 2 heterocycles. The first kappa shape index (κ1) is 13.2. The van der Waals surface area contributed by atoms with E-state index in [4.69, 9.17) is 0 Å². The van der Waals surface area contributed by atoms with Crippen LogP contribution in [0.2, 0.25) is 0 Å². The molecule has 19 heavy (non-hydrogen) atoms. The summed E-state index contributed by atoms with van der Waals surface area (Å²) in [6, 6.07) is 1.82. The summed E-state index contributed by atoms with van der Waals surface area (Å²) in [7, 11) is 1.77. The van der Waals surface area contributed by atoms with Crippen LogP contribution in [0.3, 0.4) is 0 Å². The summed E-state index contributed by atoms with van der Waals surface area (Å²) >= 11 is 0. The lowest BCUT2D eigenvalue weighted by atomic mass is 9.99. The molecule has 0 bridgehead atoms. The van der Waals surface area contributed by atoms with Crippen molar-refractivity contribution in [2.75, 3.05) is 0 Å². The highest BCUT2D eigenvalue weighted by Gasteiger charge is 2.37. The molecular formula is C11H16N6O2.